The average Bonchev–Trinajstić information content (AvgIpc) is 3.04. The number of carbonyl (C=O) groups is 1. The van der Waals surface area contributed by atoms with E-state index in [9.17, 15) is 4.79 Å². The van der Waals surface area contributed by atoms with Crippen LogP contribution in [-0.2, 0) is 0 Å². The van der Waals surface area contributed by atoms with Crippen LogP contribution < -0.4 is 0 Å². The van der Waals surface area contributed by atoms with Crippen molar-refractivity contribution < 1.29 is 9.21 Å². The summed E-state index contributed by atoms with van der Waals surface area (Å²) in [6.45, 7) is 0. The first-order valence-corrected chi connectivity index (χ1v) is 8.19. The van der Waals surface area contributed by atoms with Crippen molar-refractivity contribution in [2.24, 2.45) is 0 Å². The summed E-state index contributed by atoms with van der Waals surface area (Å²) in [5, 5.41) is 1.39. The van der Waals surface area contributed by atoms with Gasteiger partial charge in [0.2, 0.25) is 0 Å². The van der Waals surface area contributed by atoms with Crippen LogP contribution in [0, 0.1) is 0 Å². The van der Waals surface area contributed by atoms with Crippen molar-refractivity contribution in [2.45, 2.75) is 0 Å². The zero-order valence-electron chi connectivity index (χ0n) is 12.3. The lowest BCUT2D eigenvalue weighted by atomic mass is 10.1. The number of rotatable bonds is 4. The molecule has 0 spiro atoms. The highest BCUT2D eigenvalue weighted by molar-refractivity contribution is 6.42. The predicted octanol–water partition coefficient (Wildman–Crippen LogP) is 6.80. The minimum Gasteiger partial charge on any atom is -0.457 e. The SMILES string of the molecule is O=C(/C=C/c1ccc(-c2cccc(Cl)c2)o1)c1ccc(Cl)c(Cl)c1. The zero-order valence-corrected chi connectivity index (χ0v) is 14.6. The molecule has 120 valence electrons. The molecule has 0 fully saturated rings. The van der Waals surface area contributed by atoms with Crippen molar-refractivity contribution in [1.82, 2.24) is 0 Å². The molecule has 3 aromatic rings. The second kappa shape index (κ2) is 7.27. The zero-order chi connectivity index (χ0) is 17.1. The molecule has 0 radical (unpaired) electrons. The number of furan rings is 1. The highest BCUT2D eigenvalue weighted by atomic mass is 35.5. The van der Waals surface area contributed by atoms with Gasteiger partial charge in [-0.1, -0.05) is 46.9 Å². The lowest BCUT2D eigenvalue weighted by molar-refractivity contribution is 0.104. The number of benzene rings is 2. The Balaban J connectivity index is 1.77. The summed E-state index contributed by atoms with van der Waals surface area (Å²) in [5.74, 6) is 1.06. The Labute approximate surface area is 154 Å². The van der Waals surface area contributed by atoms with Gasteiger partial charge in [0.25, 0.3) is 0 Å². The number of halogens is 3. The Kier molecular flexibility index (Phi) is 5.10. The highest BCUT2D eigenvalue weighted by Crippen LogP contribution is 2.26. The maximum absolute atomic E-state index is 12.2. The molecule has 0 N–H and O–H groups in total. The first kappa shape index (κ1) is 16.8. The summed E-state index contributed by atoms with van der Waals surface area (Å²) in [7, 11) is 0. The Hall–Kier alpha value is -2.00. The molecule has 0 aliphatic carbocycles. The second-order valence-electron chi connectivity index (χ2n) is 5.04. The van der Waals surface area contributed by atoms with Gasteiger partial charge < -0.3 is 4.42 Å². The van der Waals surface area contributed by atoms with E-state index in [2.05, 4.69) is 0 Å². The lowest BCUT2D eigenvalue weighted by Crippen LogP contribution is -1.93. The number of hydrogen-bond donors (Lipinski definition) is 0. The van der Waals surface area contributed by atoms with Gasteiger partial charge in [0, 0.05) is 16.1 Å². The maximum Gasteiger partial charge on any atom is 0.186 e. The van der Waals surface area contributed by atoms with Crippen LogP contribution in [0.2, 0.25) is 15.1 Å². The summed E-state index contributed by atoms with van der Waals surface area (Å²) >= 11 is 17.7. The number of ketones is 1. The van der Waals surface area contributed by atoms with Crippen molar-refractivity contribution in [2.75, 3.05) is 0 Å². The number of allylic oxidation sites excluding steroid dienone is 1. The van der Waals surface area contributed by atoms with Gasteiger partial charge in [0.1, 0.15) is 11.5 Å². The fourth-order valence-electron chi connectivity index (χ4n) is 2.14. The quantitative estimate of drug-likeness (QED) is 0.369. The van der Waals surface area contributed by atoms with Gasteiger partial charge in [-0.25, -0.2) is 0 Å². The van der Waals surface area contributed by atoms with E-state index in [-0.39, 0.29) is 5.78 Å². The molecule has 1 heterocycles. The van der Waals surface area contributed by atoms with Crippen LogP contribution in [0.15, 0.2) is 65.1 Å². The monoisotopic (exact) mass is 376 g/mol. The third-order valence-electron chi connectivity index (χ3n) is 3.34. The van der Waals surface area contributed by atoms with Gasteiger partial charge >= 0.3 is 0 Å². The van der Waals surface area contributed by atoms with Crippen molar-refractivity contribution in [3.05, 3.63) is 87.1 Å². The van der Waals surface area contributed by atoms with Crippen LogP contribution in [0.25, 0.3) is 17.4 Å². The van der Waals surface area contributed by atoms with E-state index in [1.54, 1.807) is 30.3 Å². The molecule has 5 heteroatoms. The molecule has 24 heavy (non-hydrogen) atoms. The standard InChI is InChI=1S/C19H11Cl3O2/c20-14-3-1-2-13(10-14)19-9-6-15(24-19)5-8-18(23)12-4-7-16(21)17(22)11-12/h1-11H/b8-5+. The van der Waals surface area contributed by atoms with Gasteiger partial charge in [0.05, 0.1) is 10.0 Å². The number of hydrogen-bond acceptors (Lipinski definition) is 2. The first-order valence-electron chi connectivity index (χ1n) is 7.06. The average molecular weight is 378 g/mol. The molecular weight excluding hydrogens is 367 g/mol. The van der Waals surface area contributed by atoms with E-state index in [0.29, 0.717) is 32.2 Å². The molecule has 1 aromatic heterocycles. The van der Waals surface area contributed by atoms with E-state index in [4.69, 9.17) is 39.2 Å². The van der Waals surface area contributed by atoms with Gasteiger partial charge in [-0.2, -0.15) is 0 Å². The lowest BCUT2D eigenvalue weighted by Gasteiger charge is -1.99. The molecule has 0 unspecified atom stereocenters. The summed E-state index contributed by atoms with van der Waals surface area (Å²) in [5.41, 5.74) is 1.33. The Morgan fingerprint density at radius 1 is 0.917 bits per heavy atom. The van der Waals surface area contributed by atoms with Crippen LogP contribution in [-0.4, -0.2) is 5.78 Å². The van der Waals surface area contributed by atoms with Crippen molar-refractivity contribution in [3.63, 3.8) is 0 Å². The third kappa shape index (κ3) is 3.90. The van der Waals surface area contributed by atoms with Gasteiger partial charge in [-0.3, -0.25) is 4.79 Å². The van der Waals surface area contributed by atoms with Crippen molar-refractivity contribution >= 4 is 46.7 Å². The molecule has 0 saturated carbocycles. The summed E-state index contributed by atoms with van der Waals surface area (Å²) in [6.07, 6.45) is 3.04. The summed E-state index contributed by atoms with van der Waals surface area (Å²) in [6, 6.07) is 15.7. The molecule has 2 nitrogen and oxygen atoms in total. The Morgan fingerprint density at radius 2 is 1.75 bits per heavy atom. The molecule has 0 bridgehead atoms. The molecule has 0 atom stereocenters. The summed E-state index contributed by atoms with van der Waals surface area (Å²) in [4.78, 5) is 12.2. The van der Waals surface area contributed by atoms with E-state index in [1.807, 2.05) is 24.3 Å². The predicted molar refractivity (Wildman–Crippen MR) is 99.0 cm³/mol. The van der Waals surface area contributed by atoms with E-state index >= 15 is 0 Å². The van der Waals surface area contributed by atoms with Gasteiger partial charge in [-0.05, 0) is 54.6 Å². The maximum atomic E-state index is 12.2. The minimum atomic E-state index is -0.186. The van der Waals surface area contributed by atoms with E-state index in [1.165, 1.54) is 12.1 Å². The van der Waals surface area contributed by atoms with Crippen LogP contribution >= 0.6 is 34.8 Å². The van der Waals surface area contributed by atoms with Crippen molar-refractivity contribution in [3.8, 4) is 11.3 Å². The molecular formula is C19H11Cl3O2. The topological polar surface area (TPSA) is 30.2 Å². The van der Waals surface area contributed by atoms with Gasteiger partial charge in [-0.15, -0.1) is 0 Å². The van der Waals surface area contributed by atoms with E-state index in [0.717, 1.165) is 5.56 Å². The van der Waals surface area contributed by atoms with Crippen LogP contribution in [0.1, 0.15) is 16.1 Å². The largest absolute Gasteiger partial charge is 0.457 e. The van der Waals surface area contributed by atoms with E-state index < -0.39 is 0 Å². The highest BCUT2D eigenvalue weighted by Gasteiger charge is 2.07. The second-order valence-corrected chi connectivity index (χ2v) is 6.29. The molecule has 3 rings (SSSR count). The number of carbonyl (C=O) groups excluding carboxylic acids is 1. The Bertz CT molecular complexity index is 926. The normalized spacial score (nSPS) is 11.1. The van der Waals surface area contributed by atoms with Gasteiger partial charge in [0.15, 0.2) is 5.78 Å². The van der Waals surface area contributed by atoms with Crippen LogP contribution in [0.3, 0.4) is 0 Å². The summed E-state index contributed by atoms with van der Waals surface area (Å²) < 4.78 is 5.71. The van der Waals surface area contributed by atoms with Crippen molar-refractivity contribution in [1.29, 1.82) is 0 Å². The molecule has 0 saturated heterocycles. The third-order valence-corrected chi connectivity index (χ3v) is 4.31. The first-order chi connectivity index (χ1) is 11.5. The smallest absolute Gasteiger partial charge is 0.186 e. The van der Waals surface area contributed by atoms with Crippen LogP contribution in [0.4, 0.5) is 0 Å². The minimum absolute atomic E-state index is 0.186. The molecule has 2 aromatic carbocycles. The fraction of sp³-hybridized carbons (Fsp3) is 0. The fourth-order valence-corrected chi connectivity index (χ4v) is 2.63. The molecule has 0 aliphatic rings. The van der Waals surface area contributed by atoms with Crippen LogP contribution in [0.5, 0.6) is 0 Å². The molecule has 0 amide bonds. The molecule has 0 aliphatic heterocycles. The Morgan fingerprint density at radius 3 is 2.50 bits per heavy atom.